The van der Waals surface area contributed by atoms with Crippen molar-refractivity contribution in [1.82, 2.24) is 48.0 Å². The van der Waals surface area contributed by atoms with Crippen LogP contribution < -0.4 is 10.6 Å². The molecule has 0 radical (unpaired) electrons. The molecule has 39 heteroatoms. The van der Waals surface area contributed by atoms with Crippen LogP contribution in [0.2, 0.25) is 0 Å². The normalized spacial score (nSPS) is 27.3. The molecule has 4 fully saturated rings. The van der Waals surface area contributed by atoms with Crippen molar-refractivity contribution in [3.8, 4) is 0 Å². The summed E-state index contributed by atoms with van der Waals surface area (Å²) in [4.78, 5) is 9.22. The third-order valence-corrected chi connectivity index (χ3v) is 43.5. The molecule has 107 heavy (non-hydrogen) atoms. The molecule has 0 bridgehead atoms. The van der Waals surface area contributed by atoms with Gasteiger partial charge in [-0.3, -0.25) is 4.57 Å². The van der Waals surface area contributed by atoms with E-state index in [1.807, 2.05) is 196 Å². The van der Waals surface area contributed by atoms with Crippen molar-refractivity contribution in [1.29, 1.82) is 0 Å². The van der Waals surface area contributed by atoms with Gasteiger partial charge in [-0.15, -0.1) is 18.7 Å². The first-order valence-electron chi connectivity index (χ1n) is 33.8. The maximum atomic E-state index is 11.5. The van der Waals surface area contributed by atoms with Crippen LogP contribution in [0.5, 0.6) is 0 Å². The van der Waals surface area contributed by atoms with Gasteiger partial charge in [-0.25, -0.2) is 9.34 Å². The van der Waals surface area contributed by atoms with Crippen LogP contribution in [0.15, 0.2) is 152 Å². The Morgan fingerprint density at radius 3 is 1.14 bits per heavy atom. The van der Waals surface area contributed by atoms with E-state index in [9.17, 15) is 14.6 Å². The van der Waals surface area contributed by atoms with E-state index in [1.54, 1.807) is 46.0 Å². The number of hydrogen-bond acceptors (Lipinski definition) is 24. The Kier molecular flexibility index (Phi) is 52.2. The number of rotatable bonds is 18. The van der Waals surface area contributed by atoms with E-state index in [1.165, 1.54) is 21.6 Å². The minimum atomic E-state index is -3.25. The summed E-state index contributed by atoms with van der Waals surface area (Å²) >= 11 is 56.2. The van der Waals surface area contributed by atoms with Crippen molar-refractivity contribution in [3.05, 3.63) is 179 Å². The molecule has 15 atom stereocenters. The first kappa shape index (κ1) is 109. The molecule has 0 saturated carbocycles. The number of thiol groups is 4. The molecule has 5 aromatic rings. The van der Waals surface area contributed by atoms with E-state index in [4.69, 9.17) is 124 Å². The third kappa shape index (κ3) is 33.8. The minimum Gasteiger partial charge on any atom is -0.387 e. The Morgan fingerprint density at radius 2 is 0.907 bits per heavy atom. The molecule has 616 valence electrons. The number of halogens is 5. The largest absolute Gasteiger partial charge is 0.387 e. The summed E-state index contributed by atoms with van der Waals surface area (Å²) in [6, 6.07) is 51.7. The smallest absolute Gasteiger partial charge is 0.373 e. The summed E-state index contributed by atoms with van der Waals surface area (Å²) in [6.07, 6.45) is -2.83. The molecular formula is C68H125Cl5N10O10P7S7+3. The van der Waals surface area contributed by atoms with Gasteiger partial charge in [0.1, 0.15) is 0 Å². The average Bonchev–Trinajstić information content (AvgIpc) is 1.56. The Morgan fingerprint density at radius 1 is 0.589 bits per heavy atom. The second-order valence-corrected chi connectivity index (χ2v) is 64.4. The number of hydrogen-bond donors (Lipinski definition) is 8. The van der Waals surface area contributed by atoms with Crippen LogP contribution in [0.3, 0.4) is 0 Å². The summed E-state index contributed by atoms with van der Waals surface area (Å²) in [6.45, 7) is 7.41. The van der Waals surface area contributed by atoms with Crippen LogP contribution in [-0.4, -0.2) is 209 Å². The number of nitrogens with one attached hydrogen (secondary N) is 2. The second-order valence-electron chi connectivity index (χ2n) is 24.9. The monoisotopic (exact) mass is 1860 g/mol. The van der Waals surface area contributed by atoms with Gasteiger partial charge < -0.3 is 29.7 Å². The number of aliphatic hydroxyl groups is 1. The molecule has 4 heterocycles. The molecule has 9 rings (SSSR count). The Labute approximate surface area is 706 Å². The maximum Gasteiger partial charge on any atom is 0.373 e. The predicted molar refractivity (Wildman–Crippen MR) is 496 cm³/mol. The van der Waals surface area contributed by atoms with Crippen molar-refractivity contribution in [2.24, 2.45) is 0 Å². The zero-order valence-corrected chi connectivity index (χ0v) is 81.7. The van der Waals surface area contributed by atoms with Gasteiger partial charge in [0, 0.05) is 41.3 Å². The van der Waals surface area contributed by atoms with Gasteiger partial charge in [-0.05, 0) is 143 Å². The van der Waals surface area contributed by atoms with E-state index in [-0.39, 0.29) is 56.0 Å². The molecule has 4 N–H and O–H groups in total. The van der Waals surface area contributed by atoms with E-state index in [2.05, 4.69) is 156 Å². The first-order chi connectivity index (χ1) is 49.1. The van der Waals surface area contributed by atoms with E-state index >= 15 is 0 Å². The Balaban J connectivity index is 0.00000122. The second kappa shape index (κ2) is 51.3. The molecule has 4 saturated heterocycles. The van der Waals surface area contributed by atoms with Gasteiger partial charge in [-0.1, -0.05) is 174 Å². The van der Waals surface area contributed by atoms with E-state index in [0.29, 0.717) is 25.9 Å². The fourth-order valence-corrected chi connectivity index (χ4v) is 26.4. The predicted octanol–water partition coefficient (Wildman–Crippen LogP) is 22.4. The van der Waals surface area contributed by atoms with Gasteiger partial charge in [0.05, 0.1) is 74.2 Å². The van der Waals surface area contributed by atoms with Crippen LogP contribution in [-0.2, 0) is 59.8 Å². The van der Waals surface area contributed by atoms with Crippen molar-refractivity contribution >= 4 is 184 Å². The fraction of sp³-hybridized carbons (Fsp3) is 0.559. The molecule has 0 amide bonds. The minimum absolute atomic E-state index is 0. The molecule has 20 nitrogen and oxygen atoms in total. The first-order valence-corrected chi connectivity index (χ1v) is 58.7. The fourth-order valence-electron chi connectivity index (χ4n) is 10.1. The molecule has 0 spiro atoms. The third-order valence-electron chi connectivity index (χ3n) is 16.8. The van der Waals surface area contributed by atoms with Gasteiger partial charge in [0.25, 0.3) is 6.64 Å². The summed E-state index contributed by atoms with van der Waals surface area (Å²) in [5.41, 5.74) is 5.67. The van der Waals surface area contributed by atoms with Gasteiger partial charge in [0.2, 0.25) is 4.10 Å². The molecule has 0 aromatic heterocycles. The maximum absolute atomic E-state index is 11.5. The number of nitrogens with zero attached hydrogens (tertiary/aromatic N) is 8. The SMILES string of the molecule is C.CCOP(O)(=S)N(C)C.CCOP1(S)(N(C)C)O[C@H](c2ccccc2)[C@H](C)N1C.CCO[P@](=O)(SC)N(C)C.CNC.CN[C@@H](C)[C@@H](O)c1ccccc1.C[C@H]1[C@@H](c2ccccc2)O[P+](S)(Cl)N1C.C[C@H]1[C@@H](c2ccccc2)O[P+](S)(Cl)N1C.C[C@H]1[C@@H](c2ccccc2)O[P+](S)(N(C)C)N1C.S=P(Cl)(Cl)Cl. The summed E-state index contributed by atoms with van der Waals surface area (Å²) in [5.74, 6) is 0. The van der Waals surface area contributed by atoms with Gasteiger partial charge in [-0.2, -0.15) is 13.6 Å². The zero-order valence-electron chi connectivity index (χ0n) is 65.6. The average molecular weight is 1860 g/mol. The molecule has 4 unspecified atom stereocenters. The van der Waals surface area contributed by atoms with Gasteiger partial charge >= 0.3 is 153 Å². The number of aliphatic hydroxyl groups excluding tert-OH is 1. The van der Waals surface area contributed by atoms with Crippen molar-refractivity contribution in [2.75, 3.05) is 132 Å². The molecule has 5 aromatic carbocycles. The van der Waals surface area contributed by atoms with Crippen molar-refractivity contribution < 1.29 is 46.2 Å². The molecule has 0 aliphatic carbocycles. The Bertz CT molecular complexity index is 3330. The van der Waals surface area contributed by atoms with Crippen LogP contribution in [0, 0.1) is 0 Å². The molecular weight excluding hydrogens is 1740 g/mol. The van der Waals surface area contributed by atoms with E-state index < -0.39 is 49.5 Å². The summed E-state index contributed by atoms with van der Waals surface area (Å²) in [5, 5.41) is 15.5. The number of likely N-dealkylation sites (N-methyl/N-ethyl adjacent to an activating group) is 5. The Hall–Kier alpha value is 1.79. The van der Waals surface area contributed by atoms with Crippen LogP contribution in [0.1, 0.15) is 121 Å². The zero-order chi connectivity index (χ0) is 81.6. The summed E-state index contributed by atoms with van der Waals surface area (Å²) < 4.78 is 65.3. The number of benzene rings is 5. The molecule has 4 aliphatic heterocycles. The standard InChI is InChI=1S/C14H25N2O2PS.C12H20N2OPS.2C10H14ClNOPS.C10H15NO.C5H14NO2PS.C4H12NO2PS.C2H7N.CH4.Cl3PS/c1-6-17-19(20,15(3)4)16(5)12(2)14(18-19)13-10-8-7-9-11-13;1-10-12(11-8-6-5-7-9-11)15-16(17,13(2)3)14(10)4;2*1-8-10(9-6-4-3-5-7-9)13-14(11,15)12(8)2;1-8(11-2)10(12)9-6-4-3-5-7-9;1-5-8-9(7,10-4)6(2)3;1-4-7-8(6,9)5(2)3;1-3-2;;1-4(2,3)5/h7-12,14,20H,6H2,1-5H3;5-10,12,17H,1-4H3;2*3-8,10,15H,1-2H3;3-8,10-12H,1-2H3;5H2,1-4H3;4H2,1-3H3,(H,6,9);3H,1-2H3;1H4;/q;3*+1;;;;;;/t12-,14-;10-,12-,16?;2*8-,10-,14?;8-,10+;9-;;;;/m000000..../s1. The quantitative estimate of drug-likeness (QED) is 0.0307. The molecule has 4 aliphatic rings. The summed E-state index contributed by atoms with van der Waals surface area (Å²) in [7, 11) is 28.6. The van der Waals surface area contributed by atoms with Gasteiger partial charge in [0.15, 0.2) is 40.8 Å². The van der Waals surface area contributed by atoms with Crippen molar-refractivity contribution in [2.45, 2.75) is 124 Å². The van der Waals surface area contributed by atoms with E-state index in [0.717, 1.165) is 22.3 Å². The van der Waals surface area contributed by atoms with Crippen LogP contribution >= 0.6 is 160 Å². The van der Waals surface area contributed by atoms with Crippen LogP contribution in [0.25, 0.3) is 0 Å². The van der Waals surface area contributed by atoms with Crippen molar-refractivity contribution in [3.63, 3.8) is 0 Å². The van der Waals surface area contributed by atoms with Crippen LogP contribution in [0.4, 0.5) is 0 Å². The topological polar surface area (TPSA) is 172 Å².